The smallest absolute Gasteiger partial charge is 0.187 e. The number of rotatable bonds is 10. The van der Waals surface area contributed by atoms with Gasteiger partial charge in [-0.05, 0) is 0 Å². The molecule has 0 saturated carbocycles. The minimum atomic E-state index is -1.99. The molecule has 4 aliphatic rings. The summed E-state index contributed by atoms with van der Waals surface area (Å²) in [6.07, 6.45) is -31.7. The van der Waals surface area contributed by atoms with Gasteiger partial charge >= 0.3 is 0 Å². The van der Waals surface area contributed by atoms with Crippen molar-refractivity contribution in [1.29, 1.82) is 0 Å². The van der Waals surface area contributed by atoms with E-state index < -0.39 is 143 Å². The molecule has 0 spiro atoms. The molecule has 0 aliphatic carbocycles. The Labute approximate surface area is 249 Å². The lowest BCUT2D eigenvalue weighted by molar-refractivity contribution is -0.385. The van der Waals surface area contributed by atoms with Gasteiger partial charge in [0.1, 0.15) is 85.5 Å². The molecule has 4 aliphatic heterocycles. The summed E-state index contributed by atoms with van der Waals surface area (Å²) in [5.41, 5.74) is 0. The van der Waals surface area contributed by atoms with Crippen molar-refractivity contribution >= 4 is 0 Å². The van der Waals surface area contributed by atoms with Crippen LogP contribution in [0.25, 0.3) is 0 Å². The maximum Gasteiger partial charge on any atom is 0.187 e. The van der Waals surface area contributed by atoms with Gasteiger partial charge in [0.25, 0.3) is 0 Å². The molecule has 19 atom stereocenters. The fourth-order valence-corrected chi connectivity index (χ4v) is 5.56. The van der Waals surface area contributed by atoms with Gasteiger partial charge in [0.05, 0.1) is 32.5 Å². The first kappa shape index (κ1) is 36.0. The van der Waals surface area contributed by atoms with Crippen LogP contribution in [0.2, 0.25) is 0 Å². The Morgan fingerprint density at radius 2 is 0.773 bits per heavy atom. The molecule has 0 aromatic carbocycles. The summed E-state index contributed by atoms with van der Waals surface area (Å²) in [5, 5.41) is 132. The molecule has 44 heavy (non-hydrogen) atoms. The zero-order valence-electron chi connectivity index (χ0n) is 23.2. The maximum absolute atomic E-state index is 10.9. The predicted octanol–water partition coefficient (Wildman–Crippen LogP) is -8.72. The molecule has 0 aromatic heterocycles. The van der Waals surface area contributed by atoms with Gasteiger partial charge in [0.2, 0.25) is 0 Å². The van der Waals surface area contributed by atoms with Gasteiger partial charge in [-0.25, -0.2) is 0 Å². The third kappa shape index (κ3) is 7.35. The van der Waals surface area contributed by atoms with Crippen LogP contribution in [0.15, 0.2) is 0 Å². The second kappa shape index (κ2) is 15.4. The summed E-state index contributed by atoms with van der Waals surface area (Å²) in [6.45, 7) is -3.18. The monoisotopic (exact) mass is 650 g/mol. The molecule has 0 unspecified atom stereocenters. The van der Waals surface area contributed by atoms with Crippen molar-refractivity contribution in [3.05, 3.63) is 0 Å². The second-order valence-corrected chi connectivity index (χ2v) is 11.0. The van der Waals surface area contributed by atoms with Crippen LogP contribution in [0.4, 0.5) is 0 Å². The average molecular weight is 651 g/mol. The van der Waals surface area contributed by atoms with E-state index in [0.717, 1.165) is 0 Å². The summed E-state index contributed by atoms with van der Waals surface area (Å²) in [7, 11) is 0. The Bertz CT molecular complexity index is 881. The van der Waals surface area contributed by atoms with E-state index in [1.54, 1.807) is 0 Å². The SMILES string of the molecule is OC[C@H]1O[C@H](O[C@H]2[C@H](O)[C@@H](O)[C@@H](O[C@H]3[C@H](O)[C@@H](O)[C@@H](O[C@H]4[C@H](O)C[C@@H](O)O[C@@H]4CO)O[C@@H]3CO)O[C@@H]2CO)[C@H](O)[C@@H](O)[C@@H]1O. The summed E-state index contributed by atoms with van der Waals surface area (Å²) in [5.74, 6) is 0. The maximum atomic E-state index is 10.9. The number of ether oxygens (including phenoxy) is 7. The summed E-state index contributed by atoms with van der Waals surface area (Å²) >= 11 is 0. The highest BCUT2D eigenvalue weighted by molar-refractivity contribution is 4.97. The van der Waals surface area contributed by atoms with Gasteiger partial charge in [-0.15, -0.1) is 0 Å². The zero-order chi connectivity index (χ0) is 32.5. The summed E-state index contributed by atoms with van der Waals surface area (Å²) < 4.78 is 38.0. The molecule has 4 heterocycles. The van der Waals surface area contributed by atoms with Crippen LogP contribution in [0.5, 0.6) is 0 Å². The van der Waals surface area contributed by atoms with Crippen molar-refractivity contribution in [2.24, 2.45) is 0 Å². The zero-order valence-corrected chi connectivity index (χ0v) is 23.2. The van der Waals surface area contributed by atoms with E-state index in [1.807, 2.05) is 0 Å². The fourth-order valence-electron chi connectivity index (χ4n) is 5.56. The van der Waals surface area contributed by atoms with Crippen LogP contribution >= 0.6 is 0 Å². The number of hydrogen-bond donors (Lipinski definition) is 13. The standard InChI is InChI=1S/C24H42O20/c25-2-7-12(31)13(32)16(35)22(39-7)43-20-10(5-28)41-24(18(37)15(20)34)44-21-9(4-27)40-23(17(36)14(21)33)42-19-6(29)1-11(30)38-8(19)3-26/h6-37H,1-5H2/t6-,7-,8-,9-,10-,11+,12-,13+,14-,15-,16-,17-,18-,19+,20-,21-,22-,23-,24-/m1/s1. The first-order valence-corrected chi connectivity index (χ1v) is 14.0. The van der Waals surface area contributed by atoms with Gasteiger partial charge in [0, 0.05) is 6.42 Å². The van der Waals surface area contributed by atoms with E-state index >= 15 is 0 Å². The Balaban J connectivity index is 1.42. The third-order valence-corrected chi connectivity index (χ3v) is 8.06. The van der Waals surface area contributed by atoms with Crippen molar-refractivity contribution in [1.82, 2.24) is 0 Å². The third-order valence-electron chi connectivity index (χ3n) is 8.06. The first-order valence-electron chi connectivity index (χ1n) is 14.0. The quantitative estimate of drug-likeness (QED) is 0.104. The fraction of sp³-hybridized carbons (Fsp3) is 1.00. The Morgan fingerprint density at radius 1 is 0.409 bits per heavy atom. The van der Waals surface area contributed by atoms with Gasteiger partial charge in [-0.1, -0.05) is 0 Å². The average Bonchev–Trinajstić information content (AvgIpc) is 3.00. The van der Waals surface area contributed by atoms with Gasteiger partial charge in [0.15, 0.2) is 25.2 Å². The van der Waals surface area contributed by atoms with E-state index in [4.69, 9.17) is 33.2 Å². The van der Waals surface area contributed by atoms with Crippen molar-refractivity contribution in [3.63, 3.8) is 0 Å². The summed E-state index contributed by atoms with van der Waals surface area (Å²) in [6, 6.07) is 0. The lowest BCUT2D eigenvalue weighted by Crippen LogP contribution is -2.67. The van der Waals surface area contributed by atoms with E-state index in [1.165, 1.54) is 0 Å². The van der Waals surface area contributed by atoms with E-state index in [-0.39, 0.29) is 6.42 Å². The molecule has 0 bridgehead atoms. The second-order valence-electron chi connectivity index (χ2n) is 11.0. The van der Waals surface area contributed by atoms with Gasteiger partial charge in [-0.2, -0.15) is 0 Å². The number of aliphatic hydroxyl groups is 13. The van der Waals surface area contributed by atoms with Crippen molar-refractivity contribution < 1.29 is 99.5 Å². The van der Waals surface area contributed by atoms with E-state index in [2.05, 4.69) is 0 Å². The molecule has 258 valence electrons. The molecular weight excluding hydrogens is 608 g/mol. The highest BCUT2D eigenvalue weighted by Crippen LogP contribution is 2.34. The molecule has 0 amide bonds. The van der Waals surface area contributed by atoms with Crippen LogP contribution in [0.3, 0.4) is 0 Å². The van der Waals surface area contributed by atoms with Crippen LogP contribution in [-0.2, 0) is 33.2 Å². The Kier molecular flexibility index (Phi) is 12.6. The van der Waals surface area contributed by atoms with Crippen LogP contribution in [0, 0.1) is 0 Å². The molecule has 4 fully saturated rings. The van der Waals surface area contributed by atoms with Crippen molar-refractivity contribution in [2.45, 2.75) is 123 Å². The topological polar surface area (TPSA) is 328 Å². The largest absolute Gasteiger partial charge is 0.394 e. The Morgan fingerprint density at radius 3 is 1.20 bits per heavy atom. The number of hydrogen-bond acceptors (Lipinski definition) is 20. The lowest BCUT2D eigenvalue weighted by atomic mass is 9.96. The van der Waals surface area contributed by atoms with Gasteiger partial charge < -0.3 is 99.5 Å². The molecule has 20 heteroatoms. The van der Waals surface area contributed by atoms with E-state index in [0.29, 0.717) is 0 Å². The highest BCUT2D eigenvalue weighted by Gasteiger charge is 2.54. The summed E-state index contributed by atoms with van der Waals surface area (Å²) in [4.78, 5) is 0. The van der Waals surface area contributed by atoms with Gasteiger partial charge in [-0.3, -0.25) is 0 Å². The normalized spacial score (nSPS) is 52.2. The van der Waals surface area contributed by atoms with Crippen molar-refractivity contribution in [3.8, 4) is 0 Å². The first-order chi connectivity index (χ1) is 20.9. The van der Waals surface area contributed by atoms with Crippen LogP contribution in [-0.4, -0.2) is 210 Å². The molecule has 4 rings (SSSR count). The lowest BCUT2D eigenvalue weighted by Gasteiger charge is -2.48. The molecule has 13 N–H and O–H groups in total. The minimum Gasteiger partial charge on any atom is -0.394 e. The molecule has 0 radical (unpaired) electrons. The van der Waals surface area contributed by atoms with Crippen molar-refractivity contribution in [2.75, 3.05) is 26.4 Å². The number of aliphatic hydroxyl groups excluding tert-OH is 13. The Hall–Kier alpha value is -0.800. The molecule has 0 aromatic rings. The molecule has 20 nitrogen and oxygen atoms in total. The molecule has 4 saturated heterocycles. The predicted molar refractivity (Wildman–Crippen MR) is 132 cm³/mol. The van der Waals surface area contributed by atoms with Crippen LogP contribution in [0.1, 0.15) is 6.42 Å². The van der Waals surface area contributed by atoms with Crippen LogP contribution < -0.4 is 0 Å². The highest BCUT2D eigenvalue weighted by atomic mass is 16.8. The van der Waals surface area contributed by atoms with E-state index in [9.17, 15) is 66.4 Å². The minimum absolute atomic E-state index is 0.298. The molecular formula is C24H42O20.